The van der Waals surface area contributed by atoms with Gasteiger partial charge in [-0.05, 0) is 36.6 Å². The molecule has 0 amide bonds. The molecule has 0 saturated heterocycles. The molecule has 1 aromatic carbocycles. The molecule has 1 aromatic rings. The van der Waals surface area contributed by atoms with Crippen LogP contribution in [0.2, 0.25) is 0 Å². The van der Waals surface area contributed by atoms with E-state index in [1.54, 1.807) is 6.07 Å². The Morgan fingerprint density at radius 3 is 2.77 bits per heavy atom. The quantitative estimate of drug-likeness (QED) is 0.653. The molecular weight excluding hydrogens is 167 g/mol. The Morgan fingerprint density at radius 1 is 1.54 bits per heavy atom. The zero-order chi connectivity index (χ0) is 9.84. The van der Waals surface area contributed by atoms with Crippen LogP contribution in [0.4, 0.5) is 4.39 Å². The highest BCUT2D eigenvalue weighted by atomic mass is 19.1. The SMILES string of the molecule is Cc1cc(F)ccc1CC(C)C=O. The number of aryl methyl sites for hydroxylation is 1. The van der Waals surface area contributed by atoms with E-state index in [1.165, 1.54) is 12.1 Å². The Balaban J connectivity index is 2.83. The summed E-state index contributed by atoms with van der Waals surface area (Å²) in [4.78, 5) is 10.4. The van der Waals surface area contributed by atoms with Crippen molar-refractivity contribution in [3.05, 3.63) is 35.1 Å². The second kappa shape index (κ2) is 4.17. The molecule has 0 bridgehead atoms. The third-order valence-corrected chi connectivity index (χ3v) is 2.08. The first-order chi connectivity index (χ1) is 6.13. The Hall–Kier alpha value is -1.18. The van der Waals surface area contributed by atoms with Crippen molar-refractivity contribution in [2.45, 2.75) is 20.3 Å². The maximum absolute atomic E-state index is 12.7. The van der Waals surface area contributed by atoms with Crippen LogP contribution in [0, 0.1) is 18.7 Å². The molecule has 0 radical (unpaired) electrons. The predicted molar refractivity (Wildman–Crippen MR) is 50.1 cm³/mol. The number of carbonyl (C=O) groups is 1. The number of hydrogen-bond acceptors (Lipinski definition) is 1. The fourth-order valence-corrected chi connectivity index (χ4v) is 1.28. The number of halogens is 1. The minimum absolute atomic E-state index is 0.00385. The molecule has 0 saturated carbocycles. The van der Waals surface area contributed by atoms with Crippen LogP contribution < -0.4 is 0 Å². The first kappa shape index (κ1) is 9.90. The van der Waals surface area contributed by atoms with Gasteiger partial charge in [0.2, 0.25) is 0 Å². The minimum Gasteiger partial charge on any atom is -0.303 e. The van der Waals surface area contributed by atoms with E-state index in [-0.39, 0.29) is 11.7 Å². The van der Waals surface area contributed by atoms with Crippen LogP contribution in [0.1, 0.15) is 18.1 Å². The highest BCUT2D eigenvalue weighted by molar-refractivity contribution is 5.53. The van der Waals surface area contributed by atoms with Crippen molar-refractivity contribution < 1.29 is 9.18 Å². The summed E-state index contributed by atoms with van der Waals surface area (Å²) in [6.07, 6.45) is 1.61. The lowest BCUT2D eigenvalue weighted by molar-refractivity contribution is -0.110. The zero-order valence-electron chi connectivity index (χ0n) is 7.88. The highest BCUT2D eigenvalue weighted by Crippen LogP contribution is 2.13. The van der Waals surface area contributed by atoms with Gasteiger partial charge >= 0.3 is 0 Å². The molecule has 0 fully saturated rings. The van der Waals surface area contributed by atoms with Crippen molar-refractivity contribution in [1.82, 2.24) is 0 Å². The average Bonchev–Trinajstić information content (AvgIpc) is 2.09. The van der Waals surface area contributed by atoms with Crippen LogP contribution in [-0.2, 0) is 11.2 Å². The third-order valence-electron chi connectivity index (χ3n) is 2.08. The summed E-state index contributed by atoms with van der Waals surface area (Å²) in [5.41, 5.74) is 1.95. The molecular formula is C11H13FO. The number of carbonyl (C=O) groups excluding carboxylic acids is 1. The van der Waals surface area contributed by atoms with Crippen molar-refractivity contribution in [2.24, 2.45) is 5.92 Å². The molecule has 1 nitrogen and oxygen atoms in total. The third kappa shape index (κ3) is 2.65. The van der Waals surface area contributed by atoms with Gasteiger partial charge in [-0.25, -0.2) is 4.39 Å². The average molecular weight is 180 g/mol. The van der Waals surface area contributed by atoms with Gasteiger partial charge in [0, 0.05) is 5.92 Å². The maximum Gasteiger partial charge on any atom is 0.123 e. The standard InChI is InChI=1S/C11H13FO/c1-8(7-13)5-10-3-4-11(12)6-9(10)2/h3-4,6-8H,5H2,1-2H3. The fraction of sp³-hybridized carbons (Fsp3) is 0.364. The van der Waals surface area contributed by atoms with Gasteiger partial charge in [0.05, 0.1) is 0 Å². The Labute approximate surface area is 77.6 Å². The second-order valence-corrected chi connectivity index (χ2v) is 3.39. The topological polar surface area (TPSA) is 17.1 Å². The van der Waals surface area contributed by atoms with Crippen molar-refractivity contribution >= 4 is 6.29 Å². The molecule has 0 spiro atoms. The number of hydrogen-bond donors (Lipinski definition) is 0. The lowest BCUT2D eigenvalue weighted by atomic mass is 9.98. The minimum atomic E-state index is -0.222. The first-order valence-corrected chi connectivity index (χ1v) is 4.34. The summed E-state index contributed by atoms with van der Waals surface area (Å²) < 4.78 is 12.7. The monoisotopic (exact) mass is 180 g/mol. The van der Waals surface area contributed by atoms with Crippen molar-refractivity contribution in [2.75, 3.05) is 0 Å². The lowest BCUT2D eigenvalue weighted by Gasteiger charge is -2.07. The Bertz CT molecular complexity index is 307. The van der Waals surface area contributed by atoms with Crippen LogP contribution in [-0.4, -0.2) is 6.29 Å². The lowest BCUT2D eigenvalue weighted by Crippen LogP contribution is -2.02. The number of aldehydes is 1. The van der Waals surface area contributed by atoms with E-state index in [0.29, 0.717) is 6.42 Å². The van der Waals surface area contributed by atoms with Gasteiger partial charge < -0.3 is 4.79 Å². The fourth-order valence-electron chi connectivity index (χ4n) is 1.28. The number of benzene rings is 1. The Kier molecular flexibility index (Phi) is 3.18. The second-order valence-electron chi connectivity index (χ2n) is 3.39. The van der Waals surface area contributed by atoms with Crippen LogP contribution in [0.25, 0.3) is 0 Å². The Morgan fingerprint density at radius 2 is 2.23 bits per heavy atom. The molecule has 1 unspecified atom stereocenters. The van der Waals surface area contributed by atoms with Crippen LogP contribution in [0.15, 0.2) is 18.2 Å². The van der Waals surface area contributed by atoms with Gasteiger partial charge in [0.15, 0.2) is 0 Å². The highest BCUT2D eigenvalue weighted by Gasteiger charge is 2.04. The van der Waals surface area contributed by atoms with E-state index in [2.05, 4.69) is 0 Å². The predicted octanol–water partition coefficient (Wildman–Crippen LogP) is 2.51. The van der Waals surface area contributed by atoms with E-state index in [9.17, 15) is 9.18 Å². The molecule has 0 aliphatic heterocycles. The normalized spacial score (nSPS) is 12.5. The maximum atomic E-state index is 12.7. The molecule has 1 atom stereocenters. The molecule has 70 valence electrons. The smallest absolute Gasteiger partial charge is 0.123 e. The van der Waals surface area contributed by atoms with Gasteiger partial charge in [-0.1, -0.05) is 13.0 Å². The van der Waals surface area contributed by atoms with E-state index in [1.807, 2.05) is 13.8 Å². The summed E-state index contributed by atoms with van der Waals surface area (Å²) in [6, 6.07) is 4.66. The van der Waals surface area contributed by atoms with Crippen LogP contribution >= 0.6 is 0 Å². The molecule has 0 aliphatic carbocycles. The molecule has 0 N–H and O–H groups in total. The van der Waals surface area contributed by atoms with Gasteiger partial charge in [-0.2, -0.15) is 0 Å². The van der Waals surface area contributed by atoms with Crippen LogP contribution in [0.3, 0.4) is 0 Å². The summed E-state index contributed by atoms with van der Waals surface area (Å²) in [7, 11) is 0. The molecule has 2 heteroatoms. The van der Waals surface area contributed by atoms with Gasteiger partial charge in [0.25, 0.3) is 0 Å². The molecule has 0 heterocycles. The van der Waals surface area contributed by atoms with Crippen molar-refractivity contribution in [3.8, 4) is 0 Å². The van der Waals surface area contributed by atoms with Crippen molar-refractivity contribution in [3.63, 3.8) is 0 Å². The summed E-state index contributed by atoms with van der Waals surface area (Å²) >= 11 is 0. The van der Waals surface area contributed by atoms with Gasteiger partial charge in [0.1, 0.15) is 12.1 Å². The van der Waals surface area contributed by atoms with Crippen molar-refractivity contribution in [1.29, 1.82) is 0 Å². The summed E-state index contributed by atoms with van der Waals surface area (Å²) in [5.74, 6) is -0.218. The molecule has 0 aliphatic rings. The van der Waals surface area contributed by atoms with E-state index in [0.717, 1.165) is 17.4 Å². The molecule has 1 rings (SSSR count). The summed E-state index contributed by atoms with van der Waals surface area (Å²) in [5, 5.41) is 0. The van der Waals surface area contributed by atoms with E-state index in [4.69, 9.17) is 0 Å². The van der Waals surface area contributed by atoms with Gasteiger partial charge in [-0.3, -0.25) is 0 Å². The largest absolute Gasteiger partial charge is 0.303 e. The molecule has 13 heavy (non-hydrogen) atoms. The number of rotatable bonds is 3. The first-order valence-electron chi connectivity index (χ1n) is 4.34. The van der Waals surface area contributed by atoms with E-state index >= 15 is 0 Å². The molecule has 0 aromatic heterocycles. The van der Waals surface area contributed by atoms with Crippen LogP contribution in [0.5, 0.6) is 0 Å². The van der Waals surface area contributed by atoms with E-state index < -0.39 is 0 Å². The van der Waals surface area contributed by atoms with Gasteiger partial charge in [-0.15, -0.1) is 0 Å². The zero-order valence-corrected chi connectivity index (χ0v) is 7.88. The summed E-state index contributed by atoms with van der Waals surface area (Å²) in [6.45, 7) is 3.71.